The molecule has 0 unspecified atom stereocenters. The van der Waals surface area contributed by atoms with Crippen molar-refractivity contribution < 1.29 is 45.8 Å². The van der Waals surface area contributed by atoms with E-state index in [4.69, 9.17) is 17.3 Å². The number of thiocarbonyl (C=S) groups is 1. The Balaban J connectivity index is 1.42. The minimum Gasteiger partial charge on any atom is -0.481 e. The van der Waals surface area contributed by atoms with Crippen LogP contribution in [-0.2, 0) is 26.7 Å². The van der Waals surface area contributed by atoms with Gasteiger partial charge in [0, 0.05) is 17.8 Å². The molecule has 0 aliphatic carbocycles. The number of carbonyl (C=O) groups excluding carboxylic acids is 2. The Morgan fingerprint density at radius 1 is 1.05 bits per heavy atom. The molecule has 0 atom stereocenters. The number of carboxylic acid groups (broad SMARTS) is 1. The monoisotopic (exact) mass is 684 g/mol. The molecule has 1 aliphatic rings. The zero-order valence-corrected chi connectivity index (χ0v) is 24.5. The van der Waals surface area contributed by atoms with E-state index in [1.165, 1.54) is 22.4 Å². The number of amides is 2. The average Bonchev–Trinajstić information content (AvgIpc) is 3.61. The highest BCUT2D eigenvalue weighted by atomic mass is 32.2. The van der Waals surface area contributed by atoms with E-state index in [1.807, 2.05) is 0 Å². The highest BCUT2D eigenvalue weighted by molar-refractivity contribution is 8.26. The number of nitrogens with zero attached hydrogens (tertiary/aromatic N) is 3. The molecule has 1 saturated heterocycles. The molecule has 8 nitrogen and oxygen atoms in total. The van der Waals surface area contributed by atoms with Crippen molar-refractivity contribution in [3.63, 3.8) is 0 Å². The summed E-state index contributed by atoms with van der Waals surface area (Å²) >= 11 is 9.11. The van der Waals surface area contributed by atoms with Gasteiger partial charge in [0.15, 0.2) is 4.34 Å². The number of alkyl halides is 6. The van der Waals surface area contributed by atoms with Gasteiger partial charge in [0.2, 0.25) is 11.0 Å². The lowest BCUT2D eigenvalue weighted by atomic mass is 10.0. The summed E-state index contributed by atoms with van der Waals surface area (Å²) in [5, 5.41) is 20.3. The van der Waals surface area contributed by atoms with Crippen LogP contribution in [0.5, 0.6) is 0 Å². The molecule has 2 N–H and O–H groups in total. The van der Waals surface area contributed by atoms with Gasteiger partial charge >= 0.3 is 18.3 Å². The number of rotatable bonds is 9. The largest absolute Gasteiger partial charge is 0.481 e. The Kier molecular flexibility index (Phi) is 9.65. The molecule has 0 saturated carbocycles. The van der Waals surface area contributed by atoms with Crippen molar-refractivity contribution in [1.29, 1.82) is 0 Å². The second-order valence-corrected chi connectivity index (χ2v) is 13.0. The first-order chi connectivity index (χ1) is 19.6. The van der Waals surface area contributed by atoms with E-state index in [2.05, 4.69) is 15.5 Å². The van der Waals surface area contributed by atoms with E-state index in [9.17, 15) is 40.7 Å². The van der Waals surface area contributed by atoms with Gasteiger partial charge in [0.25, 0.3) is 5.91 Å². The van der Waals surface area contributed by atoms with Crippen LogP contribution in [0.3, 0.4) is 0 Å². The molecular weight excluding hydrogens is 671 g/mol. The second kappa shape index (κ2) is 12.7. The van der Waals surface area contributed by atoms with Crippen LogP contribution in [0.4, 0.5) is 31.5 Å². The number of anilines is 1. The van der Waals surface area contributed by atoms with Crippen LogP contribution in [0, 0.1) is 0 Å². The Labute approximate surface area is 254 Å². The predicted octanol–water partition coefficient (Wildman–Crippen LogP) is 6.71. The molecule has 19 heteroatoms. The lowest BCUT2D eigenvalue weighted by molar-refractivity contribution is -0.143. The van der Waals surface area contributed by atoms with Crippen LogP contribution < -0.4 is 5.32 Å². The Hall–Kier alpha value is -3.00. The minimum atomic E-state index is -4.99. The van der Waals surface area contributed by atoms with Crippen molar-refractivity contribution in [3.05, 3.63) is 50.6 Å². The standard InChI is InChI=1S/C23H14F6N4O4S5/c24-22(25,26)12-3-10(4-13(6-12)23(27,28)29)11-5-14(39-8-11)7-15-18(37)33(21(38)41-15)2-1-16(34)30-19-31-32-20(42-19)40-9-17(35)36/h3-8H,1-2,9H2,(H,35,36)(H,30,31,34). The van der Waals surface area contributed by atoms with Gasteiger partial charge in [-0.05, 0) is 46.8 Å². The van der Waals surface area contributed by atoms with Gasteiger partial charge in [0.1, 0.15) is 4.32 Å². The molecule has 1 fully saturated rings. The van der Waals surface area contributed by atoms with E-state index in [1.54, 1.807) is 0 Å². The predicted molar refractivity (Wildman–Crippen MR) is 151 cm³/mol. The number of benzene rings is 1. The number of aromatic nitrogens is 2. The fourth-order valence-electron chi connectivity index (χ4n) is 3.36. The Bertz CT molecular complexity index is 1550. The molecule has 3 heterocycles. The molecule has 42 heavy (non-hydrogen) atoms. The van der Waals surface area contributed by atoms with E-state index in [-0.39, 0.29) is 50.3 Å². The summed E-state index contributed by atoms with van der Waals surface area (Å²) in [5.74, 6) is -2.27. The number of hydrogen-bond acceptors (Lipinski definition) is 10. The summed E-state index contributed by atoms with van der Waals surface area (Å²) in [7, 11) is 0. The third kappa shape index (κ3) is 8.09. The van der Waals surface area contributed by atoms with Crippen molar-refractivity contribution in [2.45, 2.75) is 23.1 Å². The number of carbonyl (C=O) groups is 3. The molecule has 222 valence electrons. The summed E-state index contributed by atoms with van der Waals surface area (Å²) in [4.78, 5) is 37.6. The highest BCUT2D eigenvalue weighted by Gasteiger charge is 2.37. The van der Waals surface area contributed by atoms with Crippen molar-refractivity contribution >= 4 is 91.7 Å². The molecular formula is C23H14F6N4O4S5. The smallest absolute Gasteiger partial charge is 0.416 e. The van der Waals surface area contributed by atoms with Gasteiger partial charge in [-0.3, -0.25) is 19.3 Å². The molecule has 0 spiro atoms. The summed E-state index contributed by atoms with van der Waals surface area (Å²) in [5.41, 5.74) is -3.05. The van der Waals surface area contributed by atoms with Gasteiger partial charge in [0.05, 0.1) is 21.8 Å². The summed E-state index contributed by atoms with van der Waals surface area (Å²) in [6.07, 6.45) is -8.71. The normalized spacial score (nSPS) is 15.1. The first-order valence-electron chi connectivity index (χ1n) is 11.2. The number of nitrogens with one attached hydrogen (secondary N) is 1. The van der Waals surface area contributed by atoms with Crippen LogP contribution in [0.2, 0.25) is 0 Å². The third-order valence-electron chi connectivity index (χ3n) is 5.22. The molecule has 2 aromatic heterocycles. The van der Waals surface area contributed by atoms with Crippen LogP contribution in [-0.4, -0.2) is 54.6 Å². The SMILES string of the molecule is O=C(O)CSc1nnc(NC(=O)CCN2C(=O)C(=Cc3cc(-c4cc(C(F)(F)F)cc(C(F)(F)F)c4)cs3)SC2=S)s1. The van der Waals surface area contributed by atoms with Crippen molar-refractivity contribution in [2.75, 3.05) is 17.6 Å². The zero-order valence-electron chi connectivity index (χ0n) is 20.4. The average molecular weight is 685 g/mol. The summed E-state index contributed by atoms with van der Waals surface area (Å²) in [6, 6.07) is 2.67. The van der Waals surface area contributed by atoms with E-state index in [0.717, 1.165) is 46.2 Å². The Morgan fingerprint density at radius 2 is 1.71 bits per heavy atom. The first-order valence-corrected chi connectivity index (χ1v) is 15.1. The van der Waals surface area contributed by atoms with Gasteiger partial charge in [-0.2, -0.15) is 26.3 Å². The quantitative estimate of drug-likeness (QED) is 0.0835. The van der Waals surface area contributed by atoms with Crippen LogP contribution in [0.1, 0.15) is 22.4 Å². The van der Waals surface area contributed by atoms with E-state index < -0.39 is 41.3 Å². The molecule has 1 aliphatic heterocycles. The Morgan fingerprint density at radius 3 is 2.33 bits per heavy atom. The molecule has 1 aromatic carbocycles. The number of halogens is 6. The fraction of sp³-hybridized carbons (Fsp3) is 0.217. The zero-order chi connectivity index (χ0) is 30.8. The van der Waals surface area contributed by atoms with E-state index >= 15 is 0 Å². The summed E-state index contributed by atoms with van der Waals surface area (Å²) < 4.78 is 79.9. The van der Waals surface area contributed by atoms with Gasteiger partial charge in [-0.15, -0.1) is 21.5 Å². The number of thioether (sulfide) groups is 2. The minimum absolute atomic E-state index is 0.0506. The van der Waals surface area contributed by atoms with Crippen LogP contribution in [0.25, 0.3) is 17.2 Å². The fourth-order valence-corrected chi connectivity index (χ4v) is 7.07. The molecule has 2 amide bonds. The van der Waals surface area contributed by atoms with Gasteiger partial charge in [-0.1, -0.05) is 47.1 Å². The summed E-state index contributed by atoms with van der Waals surface area (Å²) in [6.45, 7) is -0.0760. The number of hydrogen-bond donors (Lipinski definition) is 2. The molecule has 4 rings (SSSR count). The van der Waals surface area contributed by atoms with Gasteiger partial charge < -0.3 is 10.4 Å². The van der Waals surface area contributed by atoms with Crippen LogP contribution >= 0.6 is 58.4 Å². The molecule has 0 radical (unpaired) electrons. The number of carboxylic acids is 1. The van der Waals surface area contributed by atoms with Crippen molar-refractivity contribution in [2.24, 2.45) is 0 Å². The number of aliphatic carboxylic acids is 1. The highest BCUT2D eigenvalue weighted by Crippen LogP contribution is 2.40. The van der Waals surface area contributed by atoms with Crippen molar-refractivity contribution in [1.82, 2.24) is 15.1 Å². The maximum atomic E-state index is 13.2. The maximum absolute atomic E-state index is 13.2. The van der Waals surface area contributed by atoms with Crippen LogP contribution in [0.15, 0.2) is 38.9 Å². The van der Waals surface area contributed by atoms with Crippen molar-refractivity contribution in [3.8, 4) is 11.1 Å². The third-order valence-corrected chi connectivity index (χ3v) is 9.44. The lowest BCUT2D eigenvalue weighted by Gasteiger charge is -2.13. The lowest BCUT2D eigenvalue weighted by Crippen LogP contribution is -2.31. The maximum Gasteiger partial charge on any atom is 0.416 e. The van der Waals surface area contributed by atoms with E-state index in [0.29, 0.717) is 21.3 Å². The molecule has 0 bridgehead atoms. The van der Waals surface area contributed by atoms with Gasteiger partial charge in [-0.25, -0.2) is 0 Å². The topological polar surface area (TPSA) is 112 Å². The number of thiophene rings is 1. The first kappa shape index (κ1) is 31.9. The molecule has 3 aromatic rings. The second-order valence-electron chi connectivity index (χ2n) is 8.22.